The van der Waals surface area contributed by atoms with E-state index < -0.39 is 0 Å². The number of hydrogen-bond donors (Lipinski definition) is 4. The minimum atomic E-state index is 0.150. The molecule has 0 unspecified atom stereocenters. The molecule has 0 fully saturated rings. The first kappa shape index (κ1) is 11.0. The van der Waals surface area contributed by atoms with Gasteiger partial charge in [-0.2, -0.15) is 0 Å². The average molecular weight is 194 g/mol. The molecule has 4 heteroatoms. The lowest BCUT2D eigenvalue weighted by Crippen LogP contribution is -2.23. The van der Waals surface area contributed by atoms with Crippen LogP contribution >= 0.6 is 0 Å². The highest BCUT2D eigenvalue weighted by molar-refractivity contribution is 5.52. The SMILES string of the molecule is NCc1c(N)cccc1C(CN)CN. The molecule has 78 valence electrons. The molecular formula is C10H18N4. The highest BCUT2D eigenvalue weighted by Gasteiger charge is 2.12. The zero-order chi connectivity index (χ0) is 10.6. The monoisotopic (exact) mass is 194 g/mol. The van der Waals surface area contributed by atoms with Crippen molar-refractivity contribution in [2.24, 2.45) is 17.2 Å². The van der Waals surface area contributed by atoms with Crippen LogP contribution in [0.3, 0.4) is 0 Å². The van der Waals surface area contributed by atoms with Gasteiger partial charge >= 0.3 is 0 Å². The fraction of sp³-hybridized carbons (Fsp3) is 0.400. The Balaban J connectivity index is 3.11. The van der Waals surface area contributed by atoms with Crippen molar-refractivity contribution in [1.29, 1.82) is 0 Å². The molecule has 8 N–H and O–H groups in total. The van der Waals surface area contributed by atoms with Crippen molar-refractivity contribution >= 4 is 5.69 Å². The number of benzene rings is 1. The predicted molar refractivity (Wildman–Crippen MR) is 59.6 cm³/mol. The Morgan fingerprint density at radius 2 is 1.71 bits per heavy atom. The molecule has 0 aliphatic heterocycles. The van der Waals surface area contributed by atoms with Crippen molar-refractivity contribution < 1.29 is 0 Å². The van der Waals surface area contributed by atoms with Crippen LogP contribution in [0.25, 0.3) is 0 Å². The van der Waals surface area contributed by atoms with Gasteiger partial charge in [0, 0.05) is 31.2 Å². The first-order valence-electron chi connectivity index (χ1n) is 4.72. The molecule has 0 saturated carbocycles. The summed E-state index contributed by atoms with van der Waals surface area (Å²) in [5.41, 5.74) is 25.5. The fourth-order valence-electron chi connectivity index (χ4n) is 1.59. The molecule has 4 nitrogen and oxygen atoms in total. The molecule has 14 heavy (non-hydrogen) atoms. The smallest absolute Gasteiger partial charge is 0.0362 e. The van der Waals surface area contributed by atoms with Gasteiger partial charge in [-0.05, 0) is 17.2 Å². The lowest BCUT2D eigenvalue weighted by atomic mass is 9.93. The normalized spacial score (nSPS) is 10.9. The summed E-state index contributed by atoms with van der Waals surface area (Å²) in [6.45, 7) is 1.47. The Bertz CT molecular complexity index is 294. The third-order valence-corrected chi connectivity index (χ3v) is 2.46. The summed E-state index contributed by atoms with van der Waals surface area (Å²) in [6.07, 6.45) is 0. The lowest BCUT2D eigenvalue weighted by molar-refractivity contribution is 0.699. The zero-order valence-electron chi connectivity index (χ0n) is 8.24. The van der Waals surface area contributed by atoms with E-state index in [9.17, 15) is 0 Å². The van der Waals surface area contributed by atoms with E-state index in [1.54, 1.807) is 0 Å². The Morgan fingerprint density at radius 3 is 2.21 bits per heavy atom. The van der Waals surface area contributed by atoms with Crippen LogP contribution in [0, 0.1) is 0 Å². The number of nitrogens with two attached hydrogens (primary N) is 4. The second-order valence-corrected chi connectivity index (χ2v) is 3.29. The van der Waals surface area contributed by atoms with E-state index in [0.29, 0.717) is 19.6 Å². The van der Waals surface area contributed by atoms with Crippen molar-refractivity contribution in [1.82, 2.24) is 0 Å². The van der Waals surface area contributed by atoms with Gasteiger partial charge in [-0.3, -0.25) is 0 Å². The predicted octanol–water partition coefficient (Wildman–Crippen LogP) is -0.271. The van der Waals surface area contributed by atoms with Gasteiger partial charge in [0.1, 0.15) is 0 Å². The Morgan fingerprint density at radius 1 is 1.07 bits per heavy atom. The second kappa shape index (κ2) is 4.95. The Hall–Kier alpha value is -1.10. The first-order chi connectivity index (χ1) is 6.74. The minimum absolute atomic E-state index is 0.150. The molecule has 0 spiro atoms. The summed E-state index contributed by atoms with van der Waals surface area (Å²) in [5, 5.41) is 0. The van der Waals surface area contributed by atoms with Crippen LogP contribution in [0.15, 0.2) is 18.2 Å². The van der Waals surface area contributed by atoms with Crippen molar-refractivity contribution in [2.75, 3.05) is 18.8 Å². The van der Waals surface area contributed by atoms with Crippen LogP contribution in [-0.2, 0) is 6.54 Å². The summed E-state index contributed by atoms with van der Waals surface area (Å²) < 4.78 is 0. The molecule has 1 aromatic rings. The lowest BCUT2D eigenvalue weighted by Gasteiger charge is -2.17. The molecule has 0 atom stereocenters. The third kappa shape index (κ3) is 2.04. The highest BCUT2D eigenvalue weighted by atomic mass is 14.6. The average Bonchev–Trinajstić information content (AvgIpc) is 2.20. The van der Waals surface area contributed by atoms with Gasteiger partial charge in [0.25, 0.3) is 0 Å². The highest BCUT2D eigenvalue weighted by Crippen LogP contribution is 2.23. The van der Waals surface area contributed by atoms with E-state index in [-0.39, 0.29) is 5.92 Å². The van der Waals surface area contributed by atoms with Gasteiger partial charge in [-0.1, -0.05) is 12.1 Å². The van der Waals surface area contributed by atoms with Crippen molar-refractivity contribution in [3.05, 3.63) is 29.3 Å². The maximum Gasteiger partial charge on any atom is 0.0362 e. The molecule has 0 heterocycles. The number of rotatable bonds is 4. The molecule has 0 bridgehead atoms. The van der Waals surface area contributed by atoms with Crippen LogP contribution in [-0.4, -0.2) is 13.1 Å². The maximum atomic E-state index is 5.82. The van der Waals surface area contributed by atoms with Gasteiger partial charge in [0.15, 0.2) is 0 Å². The minimum Gasteiger partial charge on any atom is -0.398 e. The van der Waals surface area contributed by atoms with E-state index >= 15 is 0 Å². The van der Waals surface area contributed by atoms with E-state index in [0.717, 1.165) is 16.8 Å². The maximum absolute atomic E-state index is 5.82. The third-order valence-electron chi connectivity index (χ3n) is 2.46. The largest absolute Gasteiger partial charge is 0.398 e. The molecule has 0 aromatic heterocycles. The van der Waals surface area contributed by atoms with E-state index in [4.69, 9.17) is 22.9 Å². The van der Waals surface area contributed by atoms with Gasteiger partial charge < -0.3 is 22.9 Å². The standard InChI is InChI=1S/C10H18N4/c11-4-7(5-12)8-2-1-3-10(14)9(8)6-13/h1-3,7H,4-6,11-14H2. The fourth-order valence-corrected chi connectivity index (χ4v) is 1.59. The molecule has 0 radical (unpaired) electrons. The van der Waals surface area contributed by atoms with Gasteiger partial charge in [0.2, 0.25) is 0 Å². The van der Waals surface area contributed by atoms with Crippen LogP contribution in [0.5, 0.6) is 0 Å². The number of nitrogen functional groups attached to an aromatic ring is 1. The van der Waals surface area contributed by atoms with Crippen molar-refractivity contribution in [3.8, 4) is 0 Å². The summed E-state index contributed by atoms with van der Waals surface area (Å²) in [4.78, 5) is 0. The number of hydrogen-bond acceptors (Lipinski definition) is 4. The van der Waals surface area contributed by atoms with Crippen LogP contribution < -0.4 is 22.9 Å². The van der Waals surface area contributed by atoms with E-state index in [2.05, 4.69) is 0 Å². The summed E-state index contributed by atoms with van der Waals surface area (Å²) >= 11 is 0. The first-order valence-corrected chi connectivity index (χ1v) is 4.72. The molecular weight excluding hydrogens is 176 g/mol. The van der Waals surface area contributed by atoms with E-state index in [1.165, 1.54) is 0 Å². The summed E-state index contributed by atoms with van der Waals surface area (Å²) in [6, 6.07) is 5.74. The van der Waals surface area contributed by atoms with Crippen molar-refractivity contribution in [2.45, 2.75) is 12.5 Å². The molecule has 0 aliphatic carbocycles. The Labute approximate surface area is 84.3 Å². The molecule has 0 saturated heterocycles. The van der Waals surface area contributed by atoms with Crippen LogP contribution in [0.1, 0.15) is 17.0 Å². The van der Waals surface area contributed by atoms with E-state index in [1.807, 2.05) is 18.2 Å². The van der Waals surface area contributed by atoms with Crippen LogP contribution in [0.4, 0.5) is 5.69 Å². The van der Waals surface area contributed by atoms with Crippen LogP contribution in [0.2, 0.25) is 0 Å². The quantitative estimate of drug-likeness (QED) is 0.495. The summed E-state index contributed by atoms with van der Waals surface area (Å²) in [7, 11) is 0. The molecule has 0 aliphatic rings. The molecule has 1 aromatic carbocycles. The van der Waals surface area contributed by atoms with Gasteiger partial charge in [-0.25, -0.2) is 0 Å². The second-order valence-electron chi connectivity index (χ2n) is 3.29. The Kier molecular flexibility index (Phi) is 3.88. The van der Waals surface area contributed by atoms with Gasteiger partial charge in [0.05, 0.1) is 0 Å². The molecule has 0 amide bonds. The number of anilines is 1. The summed E-state index contributed by atoms with van der Waals surface area (Å²) in [5.74, 6) is 0.150. The van der Waals surface area contributed by atoms with Crippen molar-refractivity contribution in [3.63, 3.8) is 0 Å². The zero-order valence-corrected chi connectivity index (χ0v) is 8.24. The van der Waals surface area contributed by atoms with Gasteiger partial charge in [-0.15, -0.1) is 0 Å². The topological polar surface area (TPSA) is 104 Å². The molecule has 1 rings (SSSR count).